The molecule has 0 fully saturated rings. The van der Waals surface area contributed by atoms with Crippen LogP contribution in [0.25, 0.3) is 22.4 Å². The molecule has 0 bridgehead atoms. The third-order valence-electron chi connectivity index (χ3n) is 3.55. The van der Waals surface area contributed by atoms with Crippen molar-refractivity contribution in [2.24, 2.45) is 0 Å². The highest BCUT2D eigenvalue weighted by Gasteiger charge is 2.16. The Balaban J connectivity index is 2.00. The summed E-state index contributed by atoms with van der Waals surface area (Å²) in [7, 11) is 1.68. The molecule has 0 amide bonds. The van der Waals surface area contributed by atoms with Gasteiger partial charge in [-0.1, -0.05) is 16.8 Å². The van der Waals surface area contributed by atoms with Crippen molar-refractivity contribution in [2.75, 3.05) is 7.11 Å². The highest BCUT2D eigenvalue weighted by atomic mass is 16.5. The first kappa shape index (κ1) is 11.9. The average Bonchev–Trinajstić information content (AvgIpc) is 3.04. The molecule has 0 radical (unpaired) electrons. The van der Waals surface area contributed by atoms with E-state index in [-0.39, 0.29) is 0 Å². The maximum absolute atomic E-state index is 5.47. The molecule has 0 saturated heterocycles. The second-order valence-electron chi connectivity index (χ2n) is 4.83. The first-order valence-corrected chi connectivity index (χ1v) is 6.59. The van der Waals surface area contributed by atoms with Crippen LogP contribution in [-0.2, 0) is 0 Å². The zero-order valence-electron chi connectivity index (χ0n) is 11.7. The summed E-state index contributed by atoms with van der Waals surface area (Å²) in [5.41, 5.74) is 4.61. The summed E-state index contributed by atoms with van der Waals surface area (Å²) in [6.45, 7) is 2.07. The topological polar surface area (TPSA) is 57.6 Å². The summed E-state index contributed by atoms with van der Waals surface area (Å²) in [5.74, 6) is 0.847. The lowest BCUT2D eigenvalue weighted by molar-refractivity contribution is -0.674. The summed E-state index contributed by atoms with van der Waals surface area (Å²) in [5, 5.41) is 4.41. The molecule has 3 aromatic heterocycles. The van der Waals surface area contributed by atoms with Gasteiger partial charge in [0, 0.05) is 18.0 Å². The molecule has 0 saturated carbocycles. The first-order chi connectivity index (χ1) is 10.3. The van der Waals surface area contributed by atoms with E-state index < -0.39 is 0 Å². The van der Waals surface area contributed by atoms with Crippen molar-refractivity contribution < 1.29 is 9.37 Å². The van der Waals surface area contributed by atoms with Crippen LogP contribution in [0, 0.1) is 6.92 Å². The number of aryl methyl sites for hydroxylation is 1. The molecule has 0 aliphatic heterocycles. The molecule has 0 spiro atoms. The van der Waals surface area contributed by atoms with Gasteiger partial charge in [0.2, 0.25) is 6.20 Å². The van der Waals surface area contributed by atoms with Crippen molar-refractivity contribution in [1.29, 1.82) is 0 Å². The van der Waals surface area contributed by atoms with E-state index in [1.165, 1.54) is 0 Å². The average molecular weight is 279 g/mol. The predicted octanol–water partition coefficient (Wildman–Crippen LogP) is 1.41. The molecule has 0 unspecified atom stereocenters. The fraction of sp³-hybridized carbons (Fsp3) is 0.133. The Hall–Kier alpha value is -2.89. The maximum Gasteiger partial charge on any atom is 0.211 e. The third-order valence-corrected chi connectivity index (χ3v) is 3.55. The lowest BCUT2D eigenvalue weighted by Gasteiger charge is -2.08. The number of fused-ring (bicyclic) bond motifs is 3. The maximum atomic E-state index is 5.47. The quantitative estimate of drug-likeness (QED) is 0.521. The molecule has 0 N–H and O–H groups in total. The van der Waals surface area contributed by atoms with Crippen LogP contribution in [0.5, 0.6) is 5.75 Å². The van der Waals surface area contributed by atoms with Crippen molar-refractivity contribution in [1.82, 2.24) is 19.6 Å². The lowest BCUT2D eigenvalue weighted by atomic mass is 10.0. The van der Waals surface area contributed by atoms with Gasteiger partial charge in [-0.3, -0.25) is 0 Å². The van der Waals surface area contributed by atoms with Crippen LogP contribution in [0.1, 0.15) is 5.56 Å². The van der Waals surface area contributed by atoms with Gasteiger partial charge >= 0.3 is 0 Å². The Morgan fingerprint density at radius 3 is 2.95 bits per heavy atom. The van der Waals surface area contributed by atoms with Gasteiger partial charge in [0.25, 0.3) is 0 Å². The van der Waals surface area contributed by atoms with Gasteiger partial charge in [0.05, 0.1) is 12.7 Å². The third kappa shape index (κ3) is 1.69. The Bertz CT molecular complexity index is 953. The van der Waals surface area contributed by atoms with Crippen molar-refractivity contribution >= 4 is 11.3 Å². The van der Waals surface area contributed by atoms with E-state index in [0.29, 0.717) is 5.65 Å². The normalized spacial score (nSPS) is 11.3. The Kier molecular flexibility index (Phi) is 2.44. The van der Waals surface area contributed by atoms with Crippen LogP contribution in [0.4, 0.5) is 0 Å². The number of nitrogens with zero attached hydrogens (tertiary/aromatic N) is 5. The molecule has 1 aromatic carbocycles. The second kappa shape index (κ2) is 4.31. The van der Waals surface area contributed by atoms with Crippen LogP contribution in [-0.4, -0.2) is 21.6 Å². The zero-order valence-corrected chi connectivity index (χ0v) is 11.7. The van der Waals surface area contributed by atoms with Gasteiger partial charge in [-0.15, -0.1) is 5.10 Å². The fourth-order valence-electron chi connectivity index (χ4n) is 2.61. The molecule has 21 heavy (non-hydrogen) atoms. The molecule has 0 aliphatic carbocycles. The van der Waals surface area contributed by atoms with Gasteiger partial charge < -0.3 is 9.72 Å². The van der Waals surface area contributed by atoms with Crippen LogP contribution in [0.3, 0.4) is 0 Å². The monoisotopic (exact) mass is 279 g/mol. The number of benzene rings is 1. The number of hydrogen-bond donors (Lipinski definition) is 0. The summed E-state index contributed by atoms with van der Waals surface area (Å²) >= 11 is 0. The number of hydrogen-bond acceptors (Lipinski definition) is 3. The van der Waals surface area contributed by atoms with Crippen LogP contribution >= 0.6 is 0 Å². The smallest absolute Gasteiger partial charge is 0.211 e. The highest BCUT2D eigenvalue weighted by Crippen LogP contribution is 2.32. The van der Waals surface area contributed by atoms with Crippen molar-refractivity contribution in [3.63, 3.8) is 0 Å². The summed E-state index contributed by atoms with van der Waals surface area (Å²) in [4.78, 5) is 8.53. The van der Waals surface area contributed by atoms with E-state index in [4.69, 9.17) is 4.74 Å². The molecule has 3 heterocycles. The molecule has 0 aliphatic rings. The Morgan fingerprint density at radius 1 is 1.24 bits per heavy atom. The number of ether oxygens (including phenoxy) is 1. The highest BCUT2D eigenvalue weighted by molar-refractivity contribution is 5.73. The zero-order chi connectivity index (χ0) is 14.4. The van der Waals surface area contributed by atoms with Gasteiger partial charge in [-0.2, -0.15) is 4.52 Å². The predicted molar refractivity (Wildman–Crippen MR) is 76.2 cm³/mol. The van der Waals surface area contributed by atoms with E-state index in [1.807, 2.05) is 29.0 Å². The molecule has 4 rings (SSSR count). The summed E-state index contributed by atoms with van der Waals surface area (Å²) < 4.78 is 9.09. The van der Waals surface area contributed by atoms with Crippen molar-refractivity contribution in [2.45, 2.75) is 6.92 Å². The molecular weight excluding hydrogens is 266 g/mol. The first-order valence-electron chi connectivity index (χ1n) is 6.59. The number of aromatic nitrogens is 5. The minimum absolute atomic E-state index is 0.626. The standard InChI is InChI=1S/C15H13N5O/c1-10-4-3-5-12(21-2)13(10)11-8-19-15-14(16-6-7-17-15)18-20(19)9-11/h3-9H,1-2H3. The van der Waals surface area contributed by atoms with Gasteiger partial charge in [-0.05, 0) is 24.8 Å². The molecule has 104 valence electrons. The van der Waals surface area contributed by atoms with Gasteiger partial charge in [0.1, 0.15) is 11.4 Å². The van der Waals surface area contributed by atoms with Crippen molar-refractivity contribution in [3.05, 3.63) is 48.5 Å². The minimum atomic E-state index is 0.626. The number of methoxy groups -OCH3 is 1. The van der Waals surface area contributed by atoms with E-state index in [9.17, 15) is 0 Å². The SMILES string of the molecule is COc1cccc(C)c1-c1cn2c3nccnc3[n-][n+]2c1. The van der Waals surface area contributed by atoms with Crippen molar-refractivity contribution in [3.8, 4) is 16.9 Å². The molecule has 6 heteroatoms. The van der Waals surface area contributed by atoms with Crippen LogP contribution < -0.4 is 14.5 Å². The van der Waals surface area contributed by atoms with E-state index in [1.54, 1.807) is 24.1 Å². The van der Waals surface area contributed by atoms with E-state index >= 15 is 0 Å². The van der Waals surface area contributed by atoms with Crippen LogP contribution in [0.15, 0.2) is 43.0 Å². The molecule has 4 aromatic rings. The fourth-order valence-corrected chi connectivity index (χ4v) is 2.61. The van der Waals surface area contributed by atoms with Gasteiger partial charge in [-0.25, -0.2) is 4.98 Å². The molecule has 0 atom stereocenters. The largest absolute Gasteiger partial charge is 0.496 e. The summed E-state index contributed by atoms with van der Waals surface area (Å²) in [6.07, 6.45) is 7.25. The molecule has 6 nitrogen and oxygen atoms in total. The van der Waals surface area contributed by atoms with E-state index in [0.717, 1.165) is 28.1 Å². The minimum Gasteiger partial charge on any atom is -0.496 e. The second-order valence-corrected chi connectivity index (χ2v) is 4.83. The van der Waals surface area contributed by atoms with E-state index in [2.05, 4.69) is 28.1 Å². The Morgan fingerprint density at radius 2 is 2.10 bits per heavy atom. The number of rotatable bonds is 2. The Labute approximate surface area is 120 Å². The van der Waals surface area contributed by atoms with Crippen LogP contribution in [0.2, 0.25) is 0 Å². The molecular formula is C15H13N5O. The lowest BCUT2D eigenvalue weighted by Crippen LogP contribution is -2.28. The van der Waals surface area contributed by atoms with Gasteiger partial charge in [0.15, 0.2) is 5.65 Å². The summed E-state index contributed by atoms with van der Waals surface area (Å²) in [6, 6.07) is 6.01.